The summed E-state index contributed by atoms with van der Waals surface area (Å²) in [5, 5.41) is 2.94. The van der Waals surface area contributed by atoms with E-state index in [1.165, 1.54) is 38.6 Å². The molecule has 0 atom stereocenters. The van der Waals surface area contributed by atoms with E-state index >= 15 is 0 Å². The molecular formula is C15H12Cl2F2N2O4. The summed E-state index contributed by atoms with van der Waals surface area (Å²) in [6, 6.07) is 3.82. The van der Waals surface area contributed by atoms with Gasteiger partial charge in [0.2, 0.25) is 5.75 Å². The highest BCUT2D eigenvalue weighted by Crippen LogP contribution is 2.39. The monoisotopic (exact) mass is 392 g/mol. The van der Waals surface area contributed by atoms with Crippen LogP contribution in [0.5, 0.6) is 17.2 Å². The maximum atomic E-state index is 12.5. The number of carbonyl (C=O) groups excluding carboxylic acids is 1. The molecule has 0 aliphatic rings. The van der Waals surface area contributed by atoms with Crippen LogP contribution in [0.15, 0.2) is 24.4 Å². The summed E-state index contributed by atoms with van der Waals surface area (Å²) in [7, 11) is 2.49. The van der Waals surface area contributed by atoms with E-state index < -0.39 is 12.5 Å². The van der Waals surface area contributed by atoms with Crippen LogP contribution in [0.4, 0.5) is 14.6 Å². The summed E-state index contributed by atoms with van der Waals surface area (Å²) in [5.41, 5.74) is 0.0724. The molecule has 1 amide bonds. The molecular weight excluding hydrogens is 381 g/mol. The van der Waals surface area contributed by atoms with Crippen molar-refractivity contribution in [3.8, 4) is 17.2 Å². The molecule has 0 radical (unpaired) electrons. The van der Waals surface area contributed by atoms with Crippen molar-refractivity contribution in [2.75, 3.05) is 19.5 Å². The number of alkyl halides is 2. The van der Waals surface area contributed by atoms with Gasteiger partial charge in [0.25, 0.3) is 5.91 Å². The van der Waals surface area contributed by atoms with Gasteiger partial charge in [0.1, 0.15) is 5.82 Å². The molecule has 0 fully saturated rings. The number of carbonyl (C=O) groups is 1. The highest BCUT2D eigenvalue weighted by molar-refractivity contribution is 6.42. The molecule has 2 aromatic rings. The second kappa shape index (κ2) is 8.17. The zero-order chi connectivity index (χ0) is 18.6. The normalized spacial score (nSPS) is 10.5. The lowest BCUT2D eigenvalue weighted by molar-refractivity contribution is -0.0526. The number of anilines is 1. The Morgan fingerprint density at radius 3 is 2.20 bits per heavy atom. The number of pyridine rings is 1. The third-order valence-electron chi connectivity index (χ3n) is 2.98. The molecule has 0 bridgehead atoms. The Labute approximate surface area is 151 Å². The van der Waals surface area contributed by atoms with Crippen molar-refractivity contribution < 1.29 is 27.8 Å². The van der Waals surface area contributed by atoms with E-state index in [0.717, 1.165) is 0 Å². The van der Waals surface area contributed by atoms with E-state index in [2.05, 4.69) is 15.0 Å². The predicted octanol–water partition coefficient (Wildman–Crippen LogP) is 4.26. The van der Waals surface area contributed by atoms with Crippen LogP contribution in [0.3, 0.4) is 0 Å². The van der Waals surface area contributed by atoms with Crippen molar-refractivity contribution in [1.82, 2.24) is 4.98 Å². The lowest BCUT2D eigenvalue weighted by Crippen LogP contribution is -2.14. The van der Waals surface area contributed by atoms with Gasteiger partial charge in [0.15, 0.2) is 11.5 Å². The van der Waals surface area contributed by atoms with E-state index in [1.54, 1.807) is 0 Å². The molecule has 134 valence electrons. The average molecular weight is 393 g/mol. The maximum absolute atomic E-state index is 12.5. The Kier molecular flexibility index (Phi) is 6.22. The van der Waals surface area contributed by atoms with Gasteiger partial charge in [-0.3, -0.25) is 4.79 Å². The number of ether oxygens (including phenoxy) is 3. The Morgan fingerprint density at radius 2 is 1.72 bits per heavy atom. The number of rotatable bonds is 6. The van der Waals surface area contributed by atoms with Crippen LogP contribution < -0.4 is 19.5 Å². The lowest BCUT2D eigenvalue weighted by Gasteiger charge is -2.15. The first kappa shape index (κ1) is 19.0. The molecule has 0 unspecified atom stereocenters. The molecule has 1 aromatic heterocycles. The molecule has 25 heavy (non-hydrogen) atoms. The zero-order valence-electron chi connectivity index (χ0n) is 13.0. The molecule has 0 aliphatic carbocycles. The molecule has 2 rings (SSSR count). The van der Waals surface area contributed by atoms with Gasteiger partial charge in [0.05, 0.1) is 24.3 Å². The molecule has 6 nitrogen and oxygen atoms in total. The quantitative estimate of drug-likeness (QED) is 0.795. The van der Waals surface area contributed by atoms with Crippen molar-refractivity contribution in [3.63, 3.8) is 0 Å². The van der Waals surface area contributed by atoms with Gasteiger partial charge in [-0.25, -0.2) is 4.98 Å². The van der Waals surface area contributed by atoms with Gasteiger partial charge in [-0.2, -0.15) is 8.78 Å². The topological polar surface area (TPSA) is 69.7 Å². The second-order valence-corrected chi connectivity index (χ2v) is 5.34. The number of aromatic nitrogens is 1. The van der Waals surface area contributed by atoms with E-state index in [4.69, 9.17) is 32.7 Å². The van der Waals surface area contributed by atoms with Crippen LogP contribution in [0.1, 0.15) is 10.4 Å². The predicted molar refractivity (Wildman–Crippen MR) is 88.4 cm³/mol. The molecule has 1 aromatic carbocycles. The fraction of sp³-hybridized carbons (Fsp3) is 0.200. The van der Waals surface area contributed by atoms with Crippen molar-refractivity contribution in [2.24, 2.45) is 0 Å². The SMILES string of the molecule is COc1cc(C(=O)Nc2cc(Cl)c(Cl)cn2)cc(OC)c1OC(F)F. The third kappa shape index (κ3) is 4.61. The van der Waals surface area contributed by atoms with Crippen LogP contribution in [0.2, 0.25) is 10.0 Å². The van der Waals surface area contributed by atoms with E-state index in [9.17, 15) is 13.6 Å². The molecule has 1 heterocycles. The van der Waals surface area contributed by atoms with Crippen LogP contribution in [-0.4, -0.2) is 31.7 Å². The van der Waals surface area contributed by atoms with Crippen molar-refractivity contribution in [1.29, 1.82) is 0 Å². The maximum Gasteiger partial charge on any atom is 0.387 e. The van der Waals surface area contributed by atoms with Crippen molar-refractivity contribution in [3.05, 3.63) is 40.0 Å². The first-order valence-corrected chi connectivity index (χ1v) is 7.44. The minimum absolute atomic E-state index is 0.0724. The van der Waals surface area contributed by atoms with Gasteiger partial charge in [-0.05, 0) is 12.1 Å². The van der Waals surface area contributed by atoms with E-state index in [0.29, 0.717) is 0 Å². The number of halogens is 4. The summed E-state index contributed by atoms with van der Waals surface area (Å²) in [5.74, 6) is -0.931. The second-order valence-electron chi connectivity index (χ2n) is 4.53. The first-order valence-electron chi connectivity index (χ1n) is 6.69. The summed E-state index contributed by atoms with van der Waals surface area (Å²) in [6.07, 6.45) is 1.28. The van der Waals surface area contributed by atoms with Gasteiger partial charge in [-0.1, -0.05) is 23.2 Å². The van der Waals surface area contributed by atoms with Gasteiger partial charge in [0, 0.05) is 17.8 Å². The number of amides is 1. The Hall–Kier alpha value is -2.32. The minimum atomic E-state index is -3.08. The highest BCUT2D eigenvalue weighted by atomic mass is 35.5. The van der Waals surface area contributed by atoms with Gasteiger partial charge >= 0.3 is 6.61 Å². The Bertz CT molecular complexity index is 765. The van der Waals surface area contributed by atoms with E-state index in [-0.39, 0.29) is 38.7 Å². The Balaban J connectivity index is 2.34. The molecule has 10 heteroatoms. The smallest absolute Gasteiger partial charge is 0.387 e. The van der Waals surface area contributed by atoms with Crippen molar-refractivity contribution in [2.45, 2.75) is 6.61 Å². The number of nitrogens with one attached hydrogen (secondary N) is 1. The number of hydrogen-bond acceptors (Lipinski definition) is 5. The summed E-state index contributed by atoms with van der Waals surface area (Å²) in [6.45, 7) is -3.08. The summed E-state index contributed by atoms with van der Waals surface area (Å²) >= 11 is 11.6. The first-order chi connectivity index (χ1) is 11.8. The highest BCUT2D eigenvalue weighted by Gasteiger charge is 2.20. The zero-order valence-corrected chi connectivity index (χ0v) is 14.5. The van der Waals surface area contributed by atoms with E-state index in [1.807, 2.05) is 0 Å². The molecule has 1 N–H and O–H groups in total. The fourth-order valence-electron chi connectivity index (χ4n) is 1.89. The molecule has 0 aliphatic heterocycles. The summed E-state index contributed by atoms with van der Waals surface area (Å²) < 4.78 is 39.4. The average Bonchev–Trinajstić information content (AvgIpc) is 2.57. The number of nitrogens with zero attached hydrogens (tertiary/aromatic N) is 1. The minimum Gasteiger partial charge on any atom is -0.493 e. The molecule has 0 saturated carbocycles. The van der Waals surface area contributed by atoms with Gasteiger partial charge in [-0.15, -0.1) is 0 Å². The Morgan fingerprint density at radius 1 is 1.12 bits per heavy atom. The number of benzene rings is 1. The lowest BCUT2D eigenvalue weighted by atomic mass is 10.1. The largest absolute Gasteiger partial charge is 0.493 e. The number of methoxy groups -OCH3 is 2. The summed E-state index contributed by atoms with van der Waals surface area (Å²) in [4.78, 5) is 16.3. The third-order valence-corrected chi connectivity index (χ3v) is 3.69. The van der Waals surface area contributed by atoms with Crippen LogP contribution in [0.25, 0.3) is 0 Å². The van der Waals surface area contributed by atoms with Gasteiger partial charge < -0.3 is 19.5 Å². The van der Waals surface area contributed by atoms with Crippen molar-refractivity contribution >= 4 is 34.9 Å². The standard InChI is InChI=1S/C15H12Cl2F2N2O4/c1-23-10-3-7(4-11(24-2)13(10)25-15(18)19)14(22)21-12-5-8(16)9(17)6-20-12/h3-6,15H,1-2H3,(H,20,21,22). The van der Waals surface area contributed by atoms with Crippen LogP contribution >= 0.6 is 23.2 Å². The molecule has 0 spiro atoms. The van der Waals surface area contributed by atoms with Crippen LogP contribution in [-0.2, 0) is 0 Å². The van der Waals surface area contributed by atoms with Crippen LogP contribution in [0, 0.1) is 0 Å². The number of hydrogen-bond donors (Lipinski definition) is 1. The molecule has 0 saturated heterocycles. The fourth-order valence-corrected chi connectivity index (χ4v) is 2.14.